The van der Waals surface area contributed by atoms with Crippen LogP contribution in [0, 0.1) is 0 Å². The summed E-state index contributed by atoms with van der Waals surface area (Å²) in [5, 5.41) is -0.109. The van der Waals surface area contributed by atoms with E-state index in [4.69, 9.17) is 16.3 Å². The Morgan fingerprint density at radius 2 is 2.00 bits per heavy atom. The van der Waals surface area contributed by atoms with Gasteiger partial charge in [0.15, 0.2) is 11.3 Å². The zero-order chi connectivity index (χ0) is 12.3. The second-order valence-corrected chi connectivity index (χ2v) is 3.16. The summed E-state index contributed by atoms with van der Waals surface area (Å²) < 4.78 is 46.0. The number of hydrogen-bond acceptors (Lipinski definition) is 4. The molecule has 0 aliphatic rings. The van der Waals surface area contributed by atoms with E-state index in [1.54, 1.807) is 0 Å². The van der Waals surface area contributed by atoms with Crippen molar-refractivity contribution < 1.29 is 22.6 Å². The average molecular weight is 257 g/mol. The van der Waals surface area contributed by atoms with Gasteiger partial charge in [0.05, 0.1) is 7.11 Å². The summed E-state index contributed by atoms with van der Waals surface area (Å²) in [6, 6.07) is 0. The van der Waals surface area contributed by atoms with Crippen LogP contribution in [-0.2, 0) is 0 Å². The number of methoxy groups -OCH3 is 1. The van der Waals surface area contributed by atoms with Crippen molar-refractivity contribution in [1.29, 1.82) is 0 Å². The molecule has 0 fully saturated rings. The second kappa shape index (κ2) is 4.73. The molecule has 90 valence electrons. The zero-order valence-corrected chi connectivity index (χ0v) is 9.13. The first kappa shape index (κ1) is 12.8. The Morgan fingerprint density at radius 1 is 1.38 bits per heavy atom. The molecule has 0 bridgehead atoms. The Bertz CT molecular complexity index is 373. The number of rotatable bonds is 3. The highest BCUT2D eigenvalue weighted by atomic mass is 35.5. The molecule has 0 spiro atoms. The SMILES string of the molecule is COc1c(Cl)ncnc1OC(C)C(F)(F)F. The van der Waals surface area contributed by atoms with E-state index in [1.807, 2.05) is 0 Å². The Hall–Kier alpha value is -1.24. The van der Waals surface area contributed by atoms with E-state index < -0.39 is 12.3 Å². The van der Waals surface area contributed by atoms with E-state index in [-0.39, 0.29) is 16.8 Å². The number of hydrogen-bond donors (Lipinski definition) is 0. The fourth-order valence-corrected chi connectivity index (χ4v) is 1.03. The quantitative estimate of drug-likeness (QED) is 0.780. The van der Waals surface area contributed by atoms with E-state index in [0.717, 1.165) is 13.3 Å². The van der Waals surface area contributed by atoms with Gasteiger partial charge in [-0.2, -0.15) is 18.2 Å². The van der Waals surface area contributed by atoms with E-state index in [9.17, 15) is 13.2 Å². The zero-order valence-electron chi connectivity index (χ0n) is 8.38. The van der Waals surface area contributed by atoms with Gasteiger partial charge in [-0.25, -0.2) is 4.98 Å². The first-order chi connectivity index (χ1) is 7.36. The molecule has 0 aliphatic heterocycles. The van der Waals surface area contributed by atoms with Crippen LogP contribution in [0.15, 0.2) is 6.33 Å². The van der Waals surface area contributed by atoms with Crippen LogP contribution < -0.4 is 9.47 Å². The number of halogens is 4. The standard InChI is InChI=1S/C8H8ClF3N2O2/c1-4(8(10,11)12)16-7-5(15-2)6(9)13-3-14-7/h3-4H,1-2H3. The molecule has 1 aromatic rings. The van der Waals surface area contributed by atoms with Gasteiger partial charge in [-0.1, -0.05) is 11.6 Å². The third-order valence-corrected chi connectivity index (χ3v) is 1.95. The topological polar surface area (TPSA) is 44.2 Å². The van der Waals surface area contributed by atoms with Crippen LogP contribution in [-0.4, -0.2) is 29.4 Å². The van der Waals surface area contributed by atoms with E-state index in [0.29, 0.717) is 0 Å². The molecule has 8 heteroatoms. The van der Waals surface area contributed by atoms with Crippen LogP contribution in [0.4, 0.5) is 13.2 Å². The first-order valence-electron chi connectivity index (χ1n) is 4.14. The molecule has 0 amide bonds. The fraction of sp³-hybridized carbons (Fsp3) is 0.500. The van der Waals surface area contributed by atoms with Crippen LogP contribution in [0.2, 0.25) is 5.15 Å². The van der Waals surface area contributed by atoms with Crippen molar-refractivity contribution in [2.75, 3.05) is 7.11 Å². The maximum Gasteiger partial charge on any atom is 0.425 e. The Kier molecular flexibility index (Phi) is 3.79. The predicted octanol–water partition coefficient (Wildman–Crippen LogP) is 2.47. The second-order valence-electron chi connectivity index (χ2n) is 2.80. The third kappa shape index (κ3) is 2.88. The molecule has 0 aliphatic carbocycles. The normalized spacial score (nSPS) is 13.4. The minimum absolute atomic E-state index is 0.109. The molecule has 0 aromatic carbocycles. The molecule has 1 atom stereocenters. The summed E-state index contributed by atoms with van der Waals surface area (Å²) in [4.78, 5) is 7.07. The van der Waals surface area contributed by atoms with Crippen molar-refractivity contribution in [2.24, 2.45) is 0 Å². The van der Waals surface area contributed by atoms with Gasteiger partial charge in [-0.15, -0.1) is 0 Å². The highest BCUT2D eigenvalue weighted by Gasteiger charge is 2.39. The van der Waals surface area contributed by atoms with E-state index >= 15 is 0 Å². The summed E-state index contributed by atoms with van der Waals surface area (Å²) in [7, 11) is 1.23. The molecule has 16 heavy (non-hydrogen) atoms. The lowest BCUT2D eigenvalue weighted by molar-refractivity contribution is -0.190. The largest absolute Gasteiger partial charge is 0.489 e. The first-order valence-corrected chi connectivity index (χ1v) is 4.52. The number of alkyl halides is 3. The third-order valence-electron chi connectivity index (χ3n) is 1.68. The predicted molar refractivity (Wildman–Crippen MR) is 49.7 cm³/mol. The fourth-order valence-electron chi connectivity index (χ4n) is 0.827. The average Bonchev–Trinajstić information content (AvgIpc) is 2.16. The Labute approximate surface area is 94.4 Å². The van der Waals surface area contributed by atoms with Gasteiger partial charge in [-0.3, -0.25) is 0 Å². The highest BCUT2D eigenvalue weighted by molar-refractivity contribution is 6.31. The van der Waals surface area contributed by atoms with Gasteiger partial charge >= 0.3 is 6.18 Å². The molecule has 1 heterocycles. The molecule has 1 rings (SSSR count). The molecule has 1 aromatic heterocycles. The van der Waals surface area contributed by atoms with Crippen molar-refractivity contribution in [3.05, 3.63) is 11.5 Å². The maximum absolute atomic E-state index is 12.2. The van der Waals surface area contributed by atoms with Crippen molar-refractivity contribution in [2.45, 2.75) is 19.2 Å². The van der Waals surface area contributed by atoms with Crippen LogP contribution >= 0.6 is 11.6 Å². The van der Waals surface area contributed by atoms with Crippen LogP contribution in [0.25, 0.3) is 0 Å². The summed E-state index contributed by atoms with van der Waals surface area (Å²) in [6.07, 6.45) is -5.50. The lowest BCUT2D eigenvalue weighted by Gasteiger charge is -2.18. The van der Waals surface area contributed by atoms with Crippen molar-refractivity contribution >= 4 is 11.6 Å². The molecule has 4 nitrogen and oxygen atoms in total. The van der Waals surface area contributed by atoms with Crippen molar-refractivity contribution in [1.82, 2.24) is 9.97 Å². The molecule has 1 unspecified atom stereocenters. The van der Waals surface area contributed by atoms with Gasteiger partial charge in [0.2, 0.25) is 5.75 Å². The lowest BCUT2D eigenvalue weighted by atomic mass is 10.4. The number of ether oxygens (including phenoxy) is 2. The van der Waals surface area contributed by atoms with Crippen molar-refractivity contribution in [3.8, 4) is 11.6 Å². The Balaban J connectivity index is 2.93. The van der Waals surface area contributed by atoms with Gasteiger partial charge < -0.3 is 9.47 Å². The van der Waals surface area contributed by atoms with E-state index in [2.05, 4.69) is 14.7 Å². The molecule has 0 N–H and O–H groups in total. The van der Waals surface area contributed by atoms with Gasteiger partial charge in [0.25, 0.3) is 5.88 Å². The number of aromatic nitrogens is 2. The maximum atomic E-state index is 12.2. The monoisotopic (exact) mass is 256 g/mol. The minimum atomic E-state index is -4.48. The Morgan fingerprint density at radius 3 is 2.50 bits per heavy atom. The van der Waals surface area contributed by atoms with Crippen LogP contribution in [0.5, 0.6) is 11.6 Å². The molecule has 0 saturated carbocycles. The molecule has 0 radical (unpaired) electrons. The lowest BCUT2D eigenvalue weighted by Crippen LogP contribution is -2.31. The molecular weight excluding hydrogens is 249 g/mol. The van der Waals surface area contributed by atoms with Gasteiger partial charge in [0.1, 0.15) is 6.33 Å². The molecule has 0 saturated heterocycles. The van der Waals surface area contributed by atoms with Crippen LogP contribution in [0.1, 0.15) is 6.92 Å². The van der Waals surface area contributed by atoms with Crippen molar-refractivity contribution in [3.63, 3.8) is 0 Å². The van der Waals surface area contributed by atoms with E-state index in [1.165, 1.54) is 7.11 Å². The van der Waals surface area contributed by atoms with Gasteiger partial charge in [0, 0.05) is 0 Å². The summed E-state index contributed by atoms with van der Waals surface area (Å²) in [5.74, 6) is -0.465. The smallest absolute Gasteiger partial charge is 0.425 e. The van der Waals surface area contributed by atoms with Crippen LogP contribution in [0.3, 0.4) is 0 Å². The van der Waals surface area contributed by atoms with Gasteiger partial charge in [-0.05, 0) is 6.92 Å². The minimum Gasteiger partial charge on any atom is -0.489 e. The summed E-state index contributed by atoms with van der Waals surface area (Å²) >= 11 is 5.59. The molecular formula is C8H8ClF3N2O2. The highest BCUT2D eigenvalue weighted by Crippen LogP contribution is 2.33. The number of nitrogens with zero attached hydrogens (tertiary/aromatic N) is 2. The summed E-state index contributed by atoms with van der Waals surface area (Å²) in [5.41, 5.74) is 0. The summed E-state index contributed by atoms with van der Waals surface area (Å²) in [6.45, 7) is 0.857.